The Morgan fingerprint density at radius 2 is 1.00 bits per heavy atom. The lowest BCUT2D eigenvalue weighted by Gasteiger charge is -2.38. The fraction of sp³-hybridized carbons (Fsp3) is 0.529. The van der Waals surface area contributed by atoms with Crippen molar-refractivity contribution in [2.75, 3.05) is 52.4 Å². The van der Waals surface area contributed by atoms with Crippen molar-refractivity contribution in [3.8, 4) is 18.2 Å². The fourth-order valence-electron chi connectivity index (χ4n) is 13.2. The van der Waals surface area contributed by atoms with Gasteiger partial charge in [0, 0.05) is 92.6 Å². The van der Waals surface area contributed by atoms with Gasteiger partial charge >= 0.3 is 12.1 Å². The van der Waals surface area contributed by atoms with Crippen LogP contribution in [0.2, 0.25) is 0 Å². The van der Waals surface area contributed by atoms with E-state index in [2.05, 4.69) is 111 Å². The zero-order chi connectivity index (χ0) is 59.7. The van der Waals surface area contributed by atoms with E-state index in [0.717, 1.165) is 110 Å². The number of amides is 1. The van der Waals surface area contributed by atoms with Crippen LogP contribution in [0.5, 0.6) is 0 Å². The van der Waals surface area contributed by atoms with Gasteiger partial charge in [0.25, 0.3) is 0 Å². The summed E-state index contributed by atoms with van der Waals surface area (Å²) >= 11 is 0. The highest BCUT2D eigenvalue weighted by Crippen LogP contribution is 2.40. The highest BCUT2D eigenvalue weighted by molar-refractivity contribution is 5.89. The summed E-state index contributed by atoms with van der Waals surface area (Å²) in [6, 6.07) is 31.0. The number of nitrogens with zero attached hydrogens (tertiary/aromatic N) is 8. The number of alkyl carbamates (subject to hydrolysis) is 1. The maximum Gasteiger partial charge on any atom is 0.408 e. The van der Waals surface area contributed by atoms with Gasteiger partial charge in [-0.1, -0.05) is 57.2 Å². The molecule has 3 saturated heterocycles. The van der Waals surface area contributed by atoms with Gasteiger partial charge in [-0.15, -0.1) is 0 Å². The quantitative estimate of drug-likeness (QED) is 0.0764. The van der Waals surface area contributed by atoms with E-state index in [1.807, 2.05) is 36.4 Å². The number of carbonyl (C=O) groups excluding carboxylic acids is 1. The number of aliphatic carboxylic acids is 1. The summed E-state index contributed by atoms with van der Waals surface area (Å²) in [5.41, 5.74) is 20.6. The number of nitrogens with one attached hydrogen (secondary N) is 2. The van der Waals surface area contributed by atoms with E-state index in [1.54, 1.807) is 39.4 Å². The highest BCUT2D eigenvalue weighted by atomic mass is 16.6. The molecule has 3 aromatic heterocycles. The van der Waals surface area contributed by atoms with Crippen LogP contribution < -0.4 is 22.1 Å². The number of rotatable bonds is 12. The van der Waals surface area contributed by atoms with E-state index < -0.39 is 23.7 Å². The second-order valence-electron chi connectivity index (χ2n) is 26.2. The van der Waals surface area contributed by atoms with E-state index in [0.29, 0.717) is 64.3 Å². The minimum absolute atomic E-state index is 0.0648. The Kier molecular flexibility index (Phi) is 20.3. The minimum atomic E-state index is -0.997. The van der Waals surface area contributed by atoms with Crippen molar-refractivity contribution in [2.45, 2.75) is 141 Å². The number of nitriles is 3. The molecule has 0 spiro atoms. The largest absolute Gasteiger partial charge is 0.480 e. The number of aromatic nitrogens is 3. The number of carboxylic acids is 1. The van der Waals surface area contributed by atoms with Crippen LogP contribution in [0.1, 0.15) is 150 Å². The monoisotopic (exact) mass is 1130 g/mol. The number of pyridine rings is 3. The second-order valence-corrected chi connectivity index (χ2v) is 26.2. The predicted octanol–water partition coefficient (Wildman–Crippen LogP) is 10.7. The first-order valence-corrected chi connectivity index (χ1v) is 30.6. The zero-order valence-electron chi connectivity index (χ0n) is 50.0. The molecule has 6 heterocycles. The molecule has 0 radical (unpaired) electrons. The van der Waals surface area contributed by atoms with Crippen molar-refractivity contribution >= 4 is 44.8 Å². The predicted molar refractivity (Wildman–Crippen MR) is 330 cm³/mol. The van der Waals surface area contributed by atoms with Gasteiger partial charge in [-0.05, 0) is 191 Å². The number of hydrogen-bond donors (Lipinski definition) is 5. The fourth-order valence-corrected chi connectivity index (χ4v) is 13.2. The standard InChI is InChI=1S/2C21H26N4.C16H17N3.C10H17NO4/c2*1-14-9-17(12-25(11-14)13-20(23)15-4-5-15)18-7-6-16(10-22)21-19(18)3-2-8-24-21;1-11-7-13(10-18-9-11)14-5-4-12(8-17)16-15(14)3-2-6-19-16;1-10(2,3)15-9(14)11-7(8(12)13)6-4-5-6/h2*2-3,6-8,14-15,17,20H,4-5,9,11-13,23H2,1H3;2-6,11,13,18H,7,9-10H2,1H3;6-7H,4-5H2,1-3H3,(H,11,14)(H,12,13)/t14-,17+,20-;14-,17-,20-;;7-/m11.0/s1. The molecule has 16 nitrogen and oxygen atoms in total. The van der Waals surface area contributed by atoms with Crippen molar-refractivity contribution in [1.82, 2.24) is 35.4 Å². The van der Waals surface area contributed by atoms with Gasteiger partial charge < -0.3 is 41.7 Å². The molecule has 84 heavy (non-hydrogen) atoms. The number of carboxylic acid groups (broad SMARTS) is 1. The Morgan fingerprint density at radius 1 is 0.607 bits per heavy atom. The summed E-state index contributed by atoms with van der Waals surface area (Å²) in [6.07, 6.45) is 15.1. The molecule has 16 heteroatoms. The van der Waals surface area contributed by atoms with Crippen LogP contribution in [-0.4, -0.2) is 118 Å². The number of likely N-dealkylation sites (tertiary alicyclic amines) is 2. The van der Waals surface area contributed by atoms with Gasteiger partial charge in [0.1, 0.15) is 29.9 Å². The van der Waals surface area contributed by atoms with Crippen molar-refractivity contribution in [1.29, 1.82) is 15.8 Å². The molecular formula is C68H86N12O4. The first kappa shape index (κ1) is 61.5. The Hall–Kier alpha value is -7.10. The average Bonchev–Trinajstić information content (AvgIpc) is 3.76. The van der Waals surface area contributed by atoms with Gasteiger partial charge in [-0.25, -0.2) is 9.59 Å². The molecular weight excluding hydrogens is 1050 g/mol. The molecule has 12 rings (SSSR count). The second kappa shape index (κ2) is 27.7. The SMILES string of the molecule is CC(C)(C)OC(=O)N[C@H](C(=O)O)C1CC1.CC1CNCC(c2ccc(C#N)c3ncccc23)C1.C[C@@H]1C[C@@H](c2ccc(C#N)c3ncccc23)CN(C[C@@H](N)C2CC2)C1.C[C@@H]1C[C@H](c2ccc(C#N)c3ncccc23)CN(C[C@@H](N)C2CC2)C1. The van der Waals surface area contributed by atoms with Crippen molar-refractivity contribution in [3.05, 3.63) is 125 Å². The molecule has 1 amide bonds. The number of carbonyl (C=O) groups is 2. The molecule has 3 aliphatic carbocycles. The molecule has 6 aromatic rings. The van der Waals surface area contributed by atoms with Crippen molar-refractivity contribution in [3.63, 3.8) is 0 Å². The molecule has 9 atom stereocenters. The Balaban J connectivity index is 0.000000137. The molecule has 7 N–H and O–H groups in total. The number of ether oxygens (including phenoxy) is 1. The first-order valence-electron chi connectivity index (χ1n) is 30.6. The molecule has 3 aromatic carbocycles. The van der Waals surface area contributed by atoms with E-state index in [1.165, 1.54) is 61.6 Å². The van der Waals surface area contributed by atoms with Crippen LogP contribution >= 0.6 is 0 Å². The summed E-state index contributed by atoms with van der Waals surface area (Å²) in [4.78, 5) is 40.6. The van der Waals surface area contributed by atoms with Crippen molar-refractivity contribution in [2.24, 2.45) is 47.0 Å². The van der Waals surface area contributed by atoms with Gasteiger partial charge in [0.05, 0.1) is 33.2 Å². The molecule has 2 unspecified atom stereocenters. The third-order valence-electron chi connectivity index (χ3n) is 17.6. The zero-order valence-corrected chi connectivity index (χ0v) is 50.0. The highest BCUT2D eigenvalue weighted by Gasteiger charge is 2.39. The lowest BCUT2D eigenvalue weighted by molar-refractivity contribution is -0.140. The minimum Gasteiger partial charge on any atom is -0.480 e. The van der Waals surface area contributed by atoms with Gasteiger partial charge in [0.15, 0.2) is 0 Å². The Labute approximate surface area is 496 Å². The summed E-state index contributed by atoms with van der Waals surface area (Å²) < 4.78 is 4.98. The van der Waals surface area contributed by atoms with Crippen LogP contribution in [0.4, 0.5) is 4.79 Å². The molecule has 442 valence electrons. The number of nitrogens with two attached hydrogens (primary N) is 2. The molecule has 3 saturated carbocycles. The van der Waals surface area contributed by atoms with Crippen LogP contribution in [0.25, 0.3) is 32.7 Å². The van der Waals surface area contributed by atoms with Gasteiger partial charge in [-0.3, -0.25) is 15.0 Å². The van der Waals surface area contributed by atoms with Crippen LogP contribution in [0, 0.1) is 69.5 Å². The lowest BCUT2D eigenvalue weighted by atomic mass is 9.83. The van der Waals surface area contributed by atoms with Crippen molar-refractivity contribution < 1.29 is 19.4 Å². The molecule has 6 fully saturated rings. The summed E-state index contributed by atoms with van der Waals surface area (Å²) in [5.74, 6) is 4.05. The number of hydrogen-bond acceptors (Lipinski definition) is 14. The van der Waals surface area contributed by atoms with Gasteiger partial charge in [-0.2, -0.15) is 15.8 Å². The number of fused-ring (bicyclic) bond motifs is 3. The number of benzene rings is 3. The van der Waals surface area contributed by atoms with E-state index in [-0.39, 0.29) is 5.92 Å². The normalized spacial score (nSPS) is 23.7. The average molecular weight is 1140 g/mol. The third-order valence-corrected chi connectivity index (χ3v) is 17.6. The summed E-state index contributed by atoms with van der Waals surface area (Å²) in [7, 11) is 0. The maximum atomic E-state index is 11.3. The Morgan fingerprint density at radius 3 is 1.36 bits per heavy atom. The molecule has 0 bridgehead atoms. The van der Waals surface area contributed by atoms with Gasteiger partial charge in [0.2, 0.25) is 0 Å². The van der Waals surface area contributed by atoms with Crippen LogP contribution in [-0.2, 0) is 9.53 Å². The lowest BCUT2D eigenvalue weighted by Crippen LogP contribution is -2.45. The topological polar surface area (TPSA) is 256 Å². The summed E-state index contributed by atoms with van der Waals surface area (Å²) in [5, 5.41) is 46.0. The Bertz CT molecular complexity index is 3250. The van der Waals surface area contributed by atoms with E-state index in [9.17, 15) is 25.4 Å². The van der Waals surface area contributed by atoms with Crippen LogP contribution in [0.15, 0.2) is 91.4 Å². The molecule has 3 aliphatic heterocycles. The number of piperidine rings is 3. The third kappa shape index (κ3) is 16.2. The van der Waals surface area contributed by atoms with E-state index >= 15 is 0 Å². The summed E-state index contributed by atoms with van der Waals surface area (Å²) in [6.45, 7) is 20.7. The first-order chi connectivity index (χ1) is 40.4. The molecule has 6 aliphatic rings. The van der Waals surface area contributed by atoms with E-state index in [4.69, 9.17) is 21.3 Å². The van der Waals surface area contributed by atoms with Crippen LogP contribution in [0.3, 0.4) is 0 Å². The smallest absolute Gasteiger partial charge is 0.408 e. The maximum absolute atomic E-state index is 11.3.